The lowest BCUT2D eigenvalue weighted by atomic mass is 10.1. The first-order chi connectivity index (χ1) is 7.09. The summed E-state index contributed by atoms with van der Waals surface area (Å²) in [4.78, 5) is 16.2. The lowest BCUT2D eigenvalue weighted by Crippen LogP contribution is -2.48. The monoisotopic (exact) mass is 211 g/mol. The number of carbonyl (C=O) groups is 1. The van der Waals surface area contributed by atoms with E-state index in [0.29, 0.717) is 18.5 Å². The molecule has 2 unspecified atom stereocenters. The number of likely N-dealkylation sites (N-methyl/N-ethyl adjacent to an activating group) is 1. The van der Waals surface area contributed by atoms with E-state index in [2.05, 4.69) is 36.0 Å². The summed E-state index contributed by atoms with van der Waals surface area (Å²) in [5.41, 5.74) is 0. The molecule has 4 heteroatoms. The molecule has 2 fully saturated rings. The van der Waals surface area contributed by atoms with Crippen molar-refractivity contribution in [3.05, 3.63) is 0 Å². The molecule has 0 bridgehead atoms. The third kappa shape index (κ3) is 2.01. The van der Waals surface area contributed by atoms with Crippen LogP contribution in [-0.2, 0) is 4.79 Å². The molecule has 0 aromatic carbocycles. The summed E-state index contributed by atoms with van der Waals surface area (Å²) >= 11 is 0. The molecular weight excluding hydrogens is 190 g/mol. The van der Waals surface area contributed by atoms with Crippen LogP contribution in [-0.4, -0.2) is 54.6 Å². The van der Waals surface area contributed by atoms with Gasteiger partial charge >= 0.3 is 0 Å². The van der Waals surface area contributed by atoms with E-state index in [1.165, 1.54) is 0 Å². The van der Waals surface area contributed by atoms with Gasteiger partial charge in [0.25, 0.3) is 0 Å². The smallest absolute Gasteiger partial charge is 0.238 e. The van der Waals surface area contributed by atoms with E-state index in [4.69, 9.17) is 0 Å². The highest BCUT2D eigenvalue weighted by Crippen LogP contribution is 2.22. The van der Waals surface area contributed by atoms with Crippen molar-refractivity contribution < 1.29 is 4.79 Å². The molecule has 2 aliphatic rings. The molecule has 1 amide bonds. The Hall–Kier alpha value is -0.610. The Labute approximate surface area is 91.6 Å². The fraction of sp³-hybridized carbons (Fsp3) is 0.909. The van der Waals surface area contributed by atoms with Crippen LogP contribution in [0.3, 0.4) is 0 Å². The Balaban J connectivity index is 2.07. The van der Waals surface area contributed by atoms with Crippen LogP contribution < -0.4 is 5.32 Å². The van der Waals surface area contributed by atoms with Crippen LogP contribution in [0.4, 0.5) is 0 Å². The van der Waals surface area contributed by atoms with Crippen LogP contribution >= 0.6 is 0 Å². The Morgan fingerprint density at radius 3 is 2.73 bits per heavy atom. The number of hydrogen-bond donors (Lipinski definition) is 1. The molecule has 0 radical (unpaired) electrons. The van der Waals surface area contributed by atoms with Gasteiger partial charge in [0, 0.05) is 12.6 Å². The van der Waals surface area contributed by atoms with Crippen molar-refractivity contribution in [3.8, 4) is 0 Å². The third-order valence-electron chi connectivity index (χ3n) is 3.44. The lowest BCUT2D eigenvalue weighted by molar-refractivity contribution is -0.130. The van der Waals surface area contributed by atoms with E-state index in [1.54, 1.807) is 0 Å². The Morgan fingerprint density at radius 1 is 1.47 bits per heavy atom. The van der Waals surface area contributed by atoms with Crippen LogP contribution in [0.15, 0.2) is 0 Å². The summed E-state index contributed by atoms with van der Waals surface area (Å²) in [5.74, 6) is 0.761. The van der Waals surface area contributed by atoms with Gasteiger partial charge in [-0.2, -0.15) is 0 Å². The quantitative estimate of drug-likeness (QED) is 0.704. The molecule has 2 aliphatic heterocycles. The second-order valence-corrected chi connectivity index (χ2v) is 5.08. The SMILES string of the molecule is CC(C)C1NCC(=O)N1C1CCN(C)C1. The topological polar surface area (TPSA) is 35.6 Å². The van der Waals surface area contributed by atoms with Gasteiger partial charge in [-0.15, -0.1) is 0 Å². The molecule has 2 atom stereocenters. The number of likely N-dealkylation sites (tertiary alicyclic amines) is 1. The van der Waals surface area contributed by atoms with Crippen LogP contribution in [0, 0.1) is 5.92 Å². The number of rotatable bonds is 2. The zero-order chi connectivity index (χ0) is 11.0. The van der Waals surface area contributed by atoms with Gasteiger partial charge in [-0.3, -0.25) is 10.1 Å². The van der Waals surface area contributed by atoms with Crippen LogP contribution in [0.2, 0.25) is 0 Å². The van der Waals surface area contributed by atoms with Crippen molar-refractivity contribution in [1.29, 1.82) is 0 Å². The minimum atomic E-state index is 0.244. The van der Waals surface area contributed by atoms with Gasteiger partial charge in [0.15, 0.2) is 0 Å². The molecule has 1 N–H and O–H groups in total. The van der Waals surface area contributed by atoms with Crippen LogP contribution in [0.25, 0.3) is 0 Å². The molecule has 0 aromatic heterocycles. The van der Waals surface area contributed by atoms with E-state index in [0.717, 1.165) is 19.5 Å². The number of amides is 1. The maximum atomic E-state index is 11.8. The van der Waals surface area contributed by atoms with Crippen molar-refractivity contribution in [2.24, 2.45) is 5.92 Å². The fourth-order valence-corrected chi connectivity index (χ4v) is 2.66. The van der Waals surface area contributed by atoms with Crippen molar-refractivity contribution in [2.75, 3.05) is 26.7 Å². The number of hydrogen-bond acceptors (Lipinski definition) is 3. The molecule has 15 heavy (non-hydrogen) atoms. The van der Waals surface area contributed by atoms with Gasteiger partial charge in [-0.05, 0) is 25.9 Å². The predicted octanol–water partition coefficient (Wildman–Crippen LogP) is 0.104. The predicted molar refractivity (Wildman–Crippen MR) is 59.4 cm³/mol. The summed E-state index contributed by atoms with van der Waals surface area (Å²) in [6.45, 7) is 6.99. The first-order valence-electron chi connectivity index (χ1n) is 5.82. The minimum absolute atomic E-state index is 0.244. The maximum Gasteiger partial charge on any atom is 0.238 e. The Bertz CT molecular complexity index is 254. The number of carbonyl (C=O) groups excluding carboxylic acids is 1. The molecule has 2 saturated heterocycles. The minimum Gasteiger partial charge on any atom is -0.321 e. The summed E-state index contributed by atoms with van der Waals surface area (Å²) in [5, 5.41) is 3.31. The second kappa shape index (κ2) is 4.10. The standard InChI is InChI=1S/C11H21N3O/c1-8(2)11-12-6-10(15)14(11)9-4-5-13(3)7-9/h8-9,11-12H,4-7H2,1-3H3. The third-order valence-corrected chi connectivity index (χ3v) is 3.44. The lowest BCUT2D eigenvalue weighted by Gasteiger charge is -2.32. The van der Waals surface area contributed by atoms with Crippen molar-refractivity contribution in [2.45, 2.75) is 32.5 Å². The molecule has 2 heterocycles. The van der Waals surface area contributed by atoms with E-state index in [-0.39, 0.29) is 12.1 Å². The highest BCUT2D eigenvalue weighted by molar-refractivity contribution is 5.81. The molecule has 2 rings (SSSR count). The zero-order valence-corrected chi connectivity index (χ0v) is 9.86. The van der Waals surface area contributed by atoms with Crippen LogP contribution in [0.1, 0.15) is 20.3 Å². The summed E-state index contributed by atoms with van der Waals surface area (Å²) in [7, 11) is 2.12. The van der Waals surface area contributed by atoms with Gasteiger partial charge in [0.2, 0.25) is 5.91 Å². The molecule has 4 nitrogen and oxygen atoms in total. The van der Waals surface area contributed by atoms with E-state index in [1.807, 2.05) is 0 Å². The molecule has 0 spiro atoms. The van der Waals surface area contributed by atoms with E-state index in [9.17, 15) is 4.79 Å². The highest BCUT2D eigenvalue weighted by Gasteiger charge is 2.39. The molecule has 0 aliphatic carbocycles. The van der Waals surface area contributed by atoms with Crippen molar-refractivity contribution in [3.63, 3.8) is 0 Å². The van der Waals surface area contributed by atoms with Gasteiger partial charge in [0.05, 0.1) is 12.7 Å². The fourth-order valence-electron chi connectivity index (χ4n) is 2.66. The molecule has 86 valence electrons. The first-order valence-corrected chi connectivity index (χ1v) is 5.82. The van der Waals surface area contributed by atoms with Gasteiger partial charge < -0.3 is 9.80 Å². The maximum absolute atomic E-state index is 11.8. The average molecular weight is 211 g/mol. The van der Waals surface area contributed by atoms with Gasteiger partial charge in [0.1, 0.15) is 0 Å². The van der Waals surface area contributed by atoms with E-state index < -0.39 is 0 Å². The molecule has 0 saturated carbocycles. The molecular formula is C11H21N3O. The van der Waals surface area contributed by atoms with Crippen molar-refractivity contribution >= 4 is 5.91 Å². The summed E-state index contributed by atoms with van der Waals surface area (Å²) in [6.07, 6.45) is 1.36. The van der Waals surface area contributed by atoms with Crippen LogP contribution in [0.5, 0.6) is 0 Å². The number of nitrogens with one attached hydrogen (secondary N) is 1. The largest absolute Gasteiger partial charge is 0.321 e. The summed E-state index contributed by atoms with van der Waals surface area (Å²) < 4.78 is 0. The van der Waals surface area contributed by atoms with Crippen molar-refractivity contribution in [1.82, 2.24) is 15.1 Å². The Kier molecular flexibility index (Phi) is 2.98. The normalized spacial score (nSPS) is 33.3. The number of nitrogens with zero attached hydrogens (tertiary/aromatic N) is 2. The summed E-state index contributed by atoms with van der Waals surface area (Å²) in [6, 6.07) is 0.421. The van der Waals surface area contributed by atoms with Gasteiger partial charge in [-0.1, -0.05) is 13.8 Å². The highest BCUT2D eigenvalue weighted by atomic mass is 16.2. The van der Waals surface area contributed by atoms with Gasteiger partial charge in [-0.25, -0.2) is 0 Å². The average Bonchev–Trinajstić information content (AvgIpc) is 2.71. The Morgan fingerprint density at radius 2 is 2.20 bits per heavy atom. The first kappa shape index (κ1) is 10.9. The second-order valence-electron chi connectivity index (χ2n) is 5.08. The molecule has 0 aromatic rings. The zero-order valence-electron chi connectivity index (χ0n) is 9.86. The van der Waals surface area contributed by atoms with E-state index >= 15 is 0 Å².